The number of nitrogen functional groups attached to an aromatic ring is 1. The number of amides is 1. The van der Waals surface area contributed by atoms with Gasteiger partial charge in [0.1, 0.15) is 17.6 Å². The van der Waals surface area contributed by atoms with Crippen LogP contribution in [0.15, 0.2) is 23.7 Å². The van der Waals surface area contributed by atoms with Gasteiger partial charge in [0.25, 0.3) is 11.6 Å². The van der Waals surface area contributed by atoms with Gasteiger partial charge in [-0.1, -0.05) is 0 Å². The lowest BCUT2D eigenvalue weighted by atomic mass is 10.2. The van der Waals surface area contributed by atoms with E-state index < -0.39 is 10.8 Å². The average molecular weight is 292 g/mol. The van der Waals surface area contributed by atoms with Crippen LogP contribution < -0.4 is 11.1 Å². The van der Waals surface area contributed by atoms with Crippen LogP contribution >= 0.6 is 11.3 Å². The first-order chi connectivity index (χ1) is 9.49. The second-order valence-corrected chi connectivity index (χ2v) is 5.09. The van der Waals surface area contributed by atoms with Crippen molar-refractivity contribution in [2.75, 3.05) is 5.73 Å². The highest BCUT2D eigenvalue weighted by Gasteiger charge is 2.21. The van der Waals surface area contributed by atoms with Crippen molar-refractivity contribution >= 4 is 28.7 Å². The number of hydrogen-bond acceptors (Lipinski definition) is 6. The minimum absolute atomic E-state index is 0.0630. The number of aryl methyl sites for hydroxylation is 1. The molecule has 7 nitrogen and oxygen atoms in total. The lowest BCUT2D eigenvalue weighted by Crippen LogP contribution is -2.24. The summed E-state index contributed by atoms with van der Waals surface area (Å²) in [5, 5.41) is 15.4. The maximum absolute atomic E-state index is 12.0. The molecule has 0 radical (unpaired) electrons. The van der Waals surface area contributed by atoms with Gasteiger partial charge in [-0.2, -0.15) is 0 Å². The monoisotopic (exact) mass is 292 g/mol. The Kier molecular flexibility index (Phi) is 3.94. The van der Waals surface area contributed by atoms with Crippen molar-refractivity contribution in [2.24, 2.45) is 0 Å². The first-order valence-electron chi connectivity index (χ1n) is 5.70. The third-order valence-electron chi connectivity index (χ3n) is 2.72. The molecule has 0 saturated carbocycles. The zero-order valence-electron chi connectivity index (χ0n) is 10.6. The minimum atomic E-state index is -0.655. The normalized spacial score (nSPS) is 10.2. The van der Waals surface area contributed by atoms with Gasteiger partial charge in [0.15, 0.2) is 0 Å². The molecule has 8 heteroatoms. The Bertz CT molecular complexity index is 668. The van der Waals surface area contributed by atoms with Gasteiger partial charge in [0, 0.05) is 4.88 Å². The molecule has 3 N–H and O–H groups in total. The smallest absolute Gasteiger partial charge is 0.300 e. The number of aromatic nitrogens is 1. The summed E-state index contributed by atoms with van der Waals surface area (Å²) in [6.07, 6.45) is 0.987. The van der Waals surface area contributed by atoms with E-state index in [0.29, 0.717) is 6.54 Å². The molecule has 0 atom stereocenters. The molecule has 2 aromatic rings. The highest BCUT2D eigenvalue weighted by Crippen LogP contribution is 2.20. The van der Waals surface area contributed by atoms with E-state index >= 15 is 0 Å². The van der Waals surface area contributed by atoms with E-state index in [1.807, 2.05) is 18.4 Å². The Hall–Kier alpha value is -2.48. The molecule has 0 bridgehead atoms. The maximum atomic E-state index is 12.0. The van der Waals surface area contributed by atoms with Crippen molar-refractivity contribution in [1.29, 1.82) is 0 Å². The van der Waals surface area contributed by atoms with E-state index in [1.165, 1.54) is 17.4 Å². The van der Waals surface area contributed by atoms with Crippen LogP contribution in [0.4, 0.5) is 11.5 Å². The summed E-state index contributed by atoms with van der Waals surface area (Å²) in [4.78, 5) is 26.9. The molecular weight excluding hydrogens is 280 g/mol. The van der Waals surface area contributed by atoms with E-state index in [1.54, 1.807) is 0 Å². The Morgan fingerprint density at radius 1 is 1.60 bits per heavy atom. The van der Waals surface area contributed by atoms with E-state index in [0.717, 1.165) is 16.6 Å². The average Bonchev–Trinajstić information content (AvgIpc) is 2.81. The van der Waals surface area contributed by atoms with Crippen LogP contribution in [0.25, 0.3) is 0 Å². The largest absolute Gasteiger partial charge is 0.384 e. The number of hydrogen-bond donors (Lipinski definition) is 2. The topological polar surface area (TPSA) is 111 Å². The number of anilines is 1. The number of nitrogens with zero attached hydrogens (tertiary/aromatic N) is 2. The number of thiophene rings is 1. The molecule has 20 heavy (non-hydrogen) atoms. The van der Waals surface area contributed by atoms with Crippen molar-refractivity contribution in [3.8, 4) is 0 Å². The van der Waals surface area contributed by atoms with Gasteiger partial charge >= 0.3 is 0 Å². The number of nitrogens with two attached hydrogens (primary N) is 1. The number of rotatable bonds is 4. The zero-order chi connectivity index (χ0) is 14.7. The van der Waals surface area contributed by atoms with Crippen molar-refractivity contribution in [2.45, 2.75) is 13.5 Å². The Morgan fingerprint density at radius 2 is 2.35 bits per heavy atom. The van der Waals surface area contributed by atoms with Crippen LogP contribution in [0.5, 0.6) is 0 Å². The molecular formula is C12H12N4O3S. The van der Waals surface area contributed by atoms with Gasteiger partial charge in [-0.15, -0.1) is 11.3 Å². The molecule has 0 fully saturated rings. The summed E-state index contributed by atoms with van der Waals surface area (Å²) in [6.45, 7) is 2.26. The number of pyridine rings is 1. The molecule has 2 aromatic heterocycles. The van der Waals surface area contributed by atoms with Crippen molar-refractivity contribution in [1.82, 2.24) is 10.3 Å². The number of carbonyl (C=O) groups excluding carboxylic acids is 1. The van der Waals surface area contributed by atoms with Crippen molar-refractivity contribution < 1.29 is 9.72 Å². The number of nitro groups is 1. The maximum Gasteiger partial charge on any atom is 0.300 e. The highest BCUT2D eigenvalue weighted by molar-refractivity contribution is 7.10. The Morgan fingerprint density at radius 3 is 2.95 bits per heavy atom. The second-order valence-electron chi connectivity index (χ2n) is 4.09. The van der Waals surface area contributed by atoms with Gasteiger partial charge in [-0.3, -0.25) is 14.9 Å². The van der Waals surface area contributed by atoms with Gasteiger partial charge in [0.2, 0.25) is 0 Å². The summed E-state index contributed by atoms with van der Waals surface area (Å²) < 4.78 is 0. The molecule has 0 aromatic carbocycles. The van der Waals surface area contributed by atoms with Crippen molar-refractivity contribution in [3.05, 3.63) is 49.8 Å². The molecule has 1 amide bonds. The van der Waals surface area contributed by atoms with Crippen LogP contribution in [-0.2, 0) is 6.54 Å². The molecule has 0 aliphatic rings. The number of nitrogens with one attached hydrogen (secondary N) is 1. The SMILES string of the molecule is Cc1ccsc1CNC(=O)c1cc(N)ncc1[N+](=O)[O-]. The first kappa shape index (κ1) is 13.9. The lowest BCUT2D eigenvalue weighted by molar-refractivity contribution is -0.385. The van der Waals surface area contributed by atoms with Gasteiger partial charge < -0.3 is 11.1 Å². The predicted octanol–water partition coefficient (Wildman–Crippen LogP) is 1.87. The fraction of sp³-hybridized carbons (Fsp3) is 0.167. The summed E-state index contributed by atoms with van der Waals surface area (Å²) >= 11 is 1.51. The lowest BCUT2D eigenvalue weighted by Gasteiger charge is -2.06. The van der Waals surface area contributed by atoms with Crippen LogP contribution in [0.3, 0.4) is 0 Å². The Labute approximate surface area is 118 Å². The van der Waals surface area contributed by atoms with E-state index in [-0.39, 0.29) is 17.1 Å². The molecule has 0 unspecified atom stereocenters. The van der Waals surface area contributed by atoms with Crippen LogP contribution in [-0.4, -0.2) is 15.8 Å². The molecule has 0 aliphatic carbocycles. The zero-order valence-corrected chi connectivity index (χ0v) is 11.4. The van der Waals surface area contributed by atoms with E-state index in [9.17, 15) is 14.9 Å². The molecule has 2 heterocycles. The van der Waals surface area contributed by atoms with Gasteiger partial charge in [-0.25, -0.2) is 4.98 Å². The summed E-state index contributed by atoms with van der Waals surface area (Å²) in [5.74, 6) is -0.480. The quantitative estimate of drug-likeness (QED) is 0.660. The Balaban J connectivity index is 2.19. The molecule has 2 rings (SSSR count). The predicted molar refractivity (Wildman–Crippen MR) is 75.5 cm³/mol. The molecule has 0 aliphatic heterocycles. The number of carbonyl (C=O) groups is 1. The fourth-order valence-electron chi connectivity index (χ4n) is 1.63. The van der Waals surface area contributed by atoms with Gasteiger partial charge in [-0.05, 0) is 30.0 Å². The summed E-state index contributed by atoms with van der Waals surface area (Å²) in [5.41, 5.74) is 6.09. The first-order valence-corrected chi connectivity index (χ1v) is 6.58. The fourth-order valence-corrected chi connectivity index (χ4v) is 2.48. The second kappa shape index (κ2) is 5.66. The van der Waals surface area contributed by atoms with Crippen LogP contribution in [0.1, 0.15) is 20.8 Å². The van der Waals surface area contributed by atoms with Crippen LogP contribution in [0, 0.1) is 17.0 Å². The molecule has 0 spiro atoms. The molecule has 0 saturated heterocycles. The van der Waals surface area contributed by atoms with Crippen LogP contribution in [0.2, 0.25) is 0 Å². The third kappa shape index (κ3) is 2.91. The summed E-state index contributed by atoms with van der Waals surface area (Å²) in [6, 6.07) is 3.15. The molecule has 104 valence electrons. The standard InChI is InChI=1S/C12H12N4O3S/c1-7-2-3-20-10(7)6-15-12(17)8-4-11(13)14-5-9(8)16(18)19/h2-5H,6H2,1H3,(H2,13,14)(H,15,17). The highest BCUT2D eigenvalue weighted by atomic mass is 32.1. The van der Waals surface area contributed by atoms with Crippen molar-refractivity contribution in [3.63, 3.8) is 0 Å². The van der Waals surface area contributed by atoms with Gasteiger partial charge in [0.05, 0.1) is 11.5 Å². The minimum Gasteiger partial charge on any atom is -0.384 e. The van der Waals surface area contributed by atoms with E-state index in [4.69, 9.17) is 5.73 Å². The third-order valence-corrected chi connectivity index (χ3v) is 3.75. The van der Waals surface area contributed by atoms with E-state index in [2.05, 4.69) is 10.3 Å². The summed E-state index contributed by atoms with van der Waals surface area (Å²) in [7, 11) is 0.